The van der Waals surface area contributed by atoms with E-state index in [0.717, 1.165) is 32.5 Å². The molecule has 3 nitrogen and oxygen atoms in total. The normalized spacial score (nSPS) is 24.4. The molecule has 0 saturated carbocycles. The SMILES string of the molecule is CCC(N)CCN(C)CC1CCCCO1. The van der Waals surface area contributed by atoms with Gasteiger partial charge in [0.25, 0.3) is 0 Å². The highest BCUT2D eigenvalue weighted by atomic mass is 16.5. The van der Waals surface area contributed by atoms with Gasteiger partial charge in [-0.3, -0.25) is 0 Å². The summed E-state index contributed by atoms with van der Waals surface area (Å²) in [7, 11) is 2.17. The first-order chi connectivity index (χ1) is 7.22. The van der Waals surface area contributed by atoms with Gasteiger partial charge in [-0.25, -0.2) is 0 Å². The third-order valence-corrected chi connectivity index (χ3v) is 3.20. The van der Waals surface area contributed by atoms with E-state index in [2.05, 4.69) is 18.9 Å². The fourth-order valence-electron chi connectivity index (χ4n) is 1.98. The van der Waals surface area contributed by atoms with Crippen molar-refractivity contribution in [2.24, 2.45) is 5.73 Å². The Morgan fingerprint density at radius 3 is 2.87 bits per heavy atom. The van der Waals surface area contributed by atoms with Crippen LogP contribution in [-0.2, 0) is 4.74 Å². The third-order valence-electron chi connectivity index (χ3n) is 3.20. The number of rotatable bonds is 6. The smallest absolute Gasteiger partial charge is 0.0701 e. The van der Waals surface area contributed by atoms with Crippen LogP contribution >= 0.6 is 0 Å². The Balaban J connectivity index is 2.08. The van der Waals surface area contributed by atoms with E-state index in [1.807, 2.05) is 0 Å². The summed E-state index contributed by atoms with van der Waals surface area (Å²) in [5, 5.41) is 0. The molecule has 1 aliphatic rings. The van der Waals surface area contributed by atoms with E-state index >= 15 is 0 Å². The topological polar surface area (TPSA) is 38.5 Å². The molecule has 2 unspecified atom stereocenters. The average Bonchev–Trinajstić information content (AvgIpc) is 2.27. The quantitative estimate of drug-likeness (QED) is 0.730. The number of nitrogens with two attached hydrogens (primary N) is 1. The Labute approximate surface area is 94.0 Å². The zero-order valence-electron chi connectivity index (χ0n) is 10.2. The Hall–Kier alpha value is -0.120. The standard InChI is InChI=1S/C12H26N2O/c1-3-11(13)7-8-14(2)10-12-6-4-5-9-15-12/h11-12H,3-10,13H2,1-2H3. The molecule has 2 atom stereocenters. The molecule has 2 N–H and O–H groups in total. The maximum absolute atomic E-state index is 5.90. The zero-order chi connectivity index (χ0) is 11.1. The summed E-state index contributed by atoms with van der Waals surface area (Å²) in [4.78, 5) is 2.35. The lowest BCUT2D eigenvalue weighted by molar-refractivity contribution is -0.00175. The monoisotopic (exact) mass is 214 g/mol. The number of ether oxygens (including phenoxy) is 1. The predicted molar refractivity (Wildman–Crippen MR) is 64.0 cm³/mol. The van der Waals surface area contributed by atoms with Crippen LogP contribution in [0.4, 0.5) is 0 Å². The van der Waals surface area contributed by atoms with Crippen LogP contribution in [-0.4, -0.2) is 43.8 Å². The third kappa shape index (κ3) is 5.50. The summed E-state index contributed by atoms with van der Waals surface area (Å²) in [5.74, 6) is 0. The Morgan fingerprint density at radius 2 is 2.27 bits per heavy atom. The van der Waals surface area contributed by atoms with Crippen LogP contribution in [0.5, 0.6) is 0 Å². The molecular weight excluding hydrogens is 188 g/mol. The minimum Gasteiger partial charge on any atom is -0.377 e. The van der Waals surface area contributed by atoms with E-state index in [-0.39, 0.29) is 0 Å². The average molecular weight is 214 g/mol. The van der Waals surface area contributed by atoms with Crippen LogP contribution in [0, 0.1) is 0 Å². The Morgan fingerprint density at radius 1 is 1.47 bits per heavy atom. The molecule has 0 bridgehead atoms. The van der Waals surface area contributed by atoms with Gasteiger partial charge in [-0.1, -0.05) is 6.92 Å². The summed E-state index contributed by atoms with van der Waals surface area (Å²) >= 11 is 0. The minimum atomic E-state index is 0.361. The molecule has 1 aliphatic heterocycles. The van der Waals surface area contributed by atoms with Gasteiger partial charge in [0.2, 0.25) is 0 Å². The van der Waals surface area contributed by atoms with Crippen molar-refractivity contribution in [1.82, 2.24) is 4.90 Å². The minimum absolute atomic E-state index is 0.361. The van der Waals surface area contributed by atoms with Crippen LogP contribution < -0.4 is 5.73 Å². The van der Waals surface area contributed by atoms with E-state index in [1.165, 1.54) is 19.3 Å². The molecule has 1 rings (SSSR count). The van der Waals surface area contributed by atoms with Gasteiger partial charge in [0, 0.05) is 19.2 Å². The van der Waals surface area contributed by atoms with Crippen molar-refractivity contribution in [2.75, 3.05) is 26.7 Å². The van der Waals surface area contributed by atoms with E-state index in [9.17, 15) is 0 Å². The molecule has 0 aromatic heterocycles. The van der Waals surface area contributed by atoms with Crippen molar-refractivity contribution in [1.29, 1.82) is 0 Å². The van der Waals surface area contributed by atoms with Crippen molar-refractivity contribution in [3.8, 4) is 0 Å². The molecule has 0 aromatic carbocycles. The molecule has 3 heteroatoms. The Bertz CT molecular complexity index is 158. The summed E-state index contributed by atoms with van der Waals surface area (Å²) in [6.07, 6.45) is 6.42. The molecule has 0 radical (unpaired) electrons. The van der Waals surface area contributed by atoms with Crippen molar-refractivity contribution in [2.45, 2.75) is 51.2 Å². The number of likely N-dealkylation sites (N-methyl/N-ethyl adjacent to an activating group) is 1. The van der Waals surface area contributed by atoms with Crippen LogP contribution in [0.1, 0.15) is 39.0 Å². The van der Waals surface area contributed by atoms with Gasteiger partial charge in [0.15, 0.2) is 0 Å². The molecule has 90 valence electrons. The van der Waals surface area contributed by atoms with Gasteiger partial charge < -0.3 is 15.4 Å². The highest BCUT2D eigenvalue weighted by Crippen LogP contribution is 2.13. The molecule has 0 aromatic rings. The lowest BCUT2D eigenvalue weighted by atomic mass is 10.1. The second-order valence-electron chi connectivity index (χ2n) is 4.71. The van der Waals surface area contributed by atoms with Crippen LogP contribution in [0.2, 0.25) is 0 Å². The molecule has 0 aliphatic carbocycles. The molecule has 1 fully saturated rings. The highest BCUT2D eigenvalue weighted by molar-refractivity contribution is 4.69. The maximum atomic E-state index is 5.90. The molecule has 0 spiro atoms. The molecular formula is C12H26N2O. The summed E-state index contributed by atoms with van der Waals surface area (Å²) in [6.45, 7) is 5.26. The van der Waals surface area contributed by atoms with Crippen molar-refractivity contribution >= 4 is 0 Å². The van der Waals surface area contributed by atoms with Gasteiger partial charge in [-0.2, -0.15) is 0 Å². The lowest BCUT2D eigenvalue weighted by Gasteiger charge is -2.27. The fraction of sp³-hybridized carbons (Fsp3) is 1.00. The van der Waals surface area contributed by atoms with Gasteiger partial charge in [0.1, 0.15) is 0 Å². The number of hydrogen-bond donors (Lipinski definition) is 1. The van der Waals surface area contributed by atoms with Crippen molar-refractivity contribution in [3.05, 3.63) is 0 Å². The van der Waals surface area contributed by atoms with E-state index < -0.39 is 0 Å². The molecule has 1 heterocycles. The molecule has 15 heavy (non-hydrogen) atoms. The van der Waals surface area contributed by atoms with Crippen molar-refractivity contribution < 1.29 is 4.74 Å². The second kappa shape index (κ2) is 7.20. The largest absolute Gasteiger partial charge is 0.377 e. The van der Waals surface area contributed by atoms with Gasteiger partial charge in [0.05, 0.1) is 6.10 Å². The summed E-state index contributed by atoms with van der Waals surface area (Å²) in [6, 6.07) is 0.361. The first kappa shape index (κ1) is 12.9. The fourth-order valence-corrected chi connectivity index (χ4v) is 1.98. The number of nitrogens with zero attached hydrogens (tertiary/aromatic N) is 1. The van der Waals surface area contributed by atoms with Gasteiger partial charge in [-0.05, 0) is 45.7 Å². The zero-order valence-corrected chi connectivity index (χ0v) is 10.2. The highest BCUT2D eigenvalue weighted by Gasteiger charge is 2.15. The molecule has 1 saturated heterocycles. The predicted octanol–water partition coefficient (Wildman–Crippen LogP) is 1.61. The second-order valence-corrected chi connectivity index (χ2v) is 4.71. The lowest BCUT2D eigenvalue weighted by Crippen LogP contribution is -2.35. The van der Waals surface area contributed by atoms with E-state index in [0.29, 0.717) is 12.1 Å². The van der Waals surface area contributed by atoms with Crippen LogP contribution in [0.3, 0.4) is 0 Å². The van der Waals surface area contributed by atoms with Gasteiger partial charge >= 0.3 is 0 Å². The maximum Gasteiger partial charge on any atom is 0.0701 e. The summed E-state index contributed by atoms with van der Waals surface area (Å²) in [5.41, 5.74) is 5.90. The van der Waals surface area contributed by atoms with Crippen molar-refractivity contribution in [3.63, 3.8) is 0 Å². The van der Waals surface area contributed by atoms with E-state index in [4.69, 9.17) is 10.5 Å². The molecule has 0 amide bonds. The van der Waals surface area contributed by atoms with Crippen LogP contribution in [0.15, 0.2) is 0 Å². The first-order valence-electron chi connectivity index (χ1n) is 6.28. The first-order valence-corrected chi connectivity index (χ1v) is 6.28. The Kier molecular flexibility index (Phi) is 6.22. The number of hydrogen-bond acceptors (Lipinski definition) is 3. The summed E-state index contributed by atoms with van der Waals surface area (Å²) < 4.78 is 5.71. The van der Waals surface area contributed by atoms with E-state index in [1.54, 1.807) is 0 Å². The van der Waals surface area contributed by atoms with Gasteiger partial charge in [-0.15, -0.1) is 0 Å². The van der Waals surface area contributed by atoms with Crippen LogP contribution in [0.25, 0.3) is 0 Å².